The molecular formula is C24H27NO3Si. The van der Waals surface area contributed by atoms with Crippen LogP contribution in [0.1, 0.15) is 36.8 Å². The summed E-state index contributed by atoms with van der Waals surface area (Å²) in [6.45, 7) is 7.07. The number of hydrogen-bond acceptors (Lipinski definition) is 4. The first-order valence-electron chi connectivity index (χ1n) is 9.66. The summed E-state index contributed by atoms with van der Waals surface area (Å²) in [6, 6.07) is 24.5. The Morgan fingerprint density at radius 2 is 1.45 bits per heavy atom. The molecule has 5 heteroatoms. The second kappa shape index (κ2) is 8.72. The van der Waals surface area contributed by atoms with E-state index in [0.717, 1.165) is 11.8 Å². The van der Waals surface area contributed by atoms with E-state index in [9.17, 15) is 4.79 Å². The van der Waals surface area contributed by atoms with Gasteiger partial charge in [0.05, 0.1) is 13.7 Å². The molecule has 0 spiro atoms. The van der Waals surface area contributed by atoms with Gasteiger partial charge in [-0.3, -0.25) is 4.79 Å². The van der Waals surface area contributed by atoms with E-state index in [4.69, 9.17) is 9.16 Å². The van der Waals surface area contributed by atoms with Crippen molar-refractivity contribution < 1.29 is 14.0 Å². The lowest BCUT2D eigenvalue weighted by atomic mass is 10.2. The molecule has 3 aromatic rings. The predicted molar refractivity (Wildman–Crippen MR) is 119 cm³/mol. The summed E-state index contributed by atoms with van der Waals surface area (Å²) in [5.41, 5.74) is 1.17. The Morgan fingerprint density at radius 3 is 1.90 bits per heavy atom. The Bertz CT molecular complexity index is 913. The van der Waals surface area contributed by atoms with Gasteiger partial charge in [0, 0.05) is 5.56 Å². The van der Waals surface area contributed by atoms with Gasteiger partial charge in [-0.2, -0.15) is 0 Å². The molecule has 1 heterocycles. The number of hydrogen-bond donors (Lipinski definition) is 0. The van der Waals surface area contributed by atoms with Gasteiger partial charge >= 0.3 is 0 Å². The number of benzene rings is 2. The van der Waals surface area contributed by atoms with Crippen molar-refractivity contribution in [2.45, 2.75) is 32.4 Å². The summed E-state index contributed by atoms with van der Waals surface area (Å²) in [7, 11) is -1.08. The molecule has 0 aliphatic heterocycles. The molecule has 0 aliphatic rings. The van der Waals surface area contributed by atoms with E-state index in [0.29, 0.717) is 18.2 Å². The molecule has 2 aromatic carbocycles. The van der Waals surface area contributed by atoms with Gasteiger partial charge in [0.2, 0.25) is 5.88 Å². The quantitative estimate of drug-likeness (QED) is 0.441. The van der Waals surface area contributed by atoms with Crippen LogP contribution in [0.4, 0.5) is 0 Å². The Balaban J connectivity index is 2.11. The summed E-state index contributed by atoms with van der Waals surface area (Å²) in [5.74, 6) is 0.424. The molecule has 150 valence electrons. The van der Waals surface area contributed by atoms with Crippen molar-refractivity contribution in [1.82, 2.24) is 4.98 Å². The summed E-state index contributed by atoms with van der Waals surface area (Å²) in [5, 5.41) is 2.32. The van der Waals surface area contributed by atoms with E-state index in [2.05, 4.69) is 74.3 Å². The van der Waals surface area contributed by atoms with Gasteiger partial charge in [0.25, 0.3) is 8.32 Å². The Hall–Kier alpha value is -2.76. The van der Waals surface area contributed by atoms with Gasteiger partial charge < -0.3 is 9.16 Å². The Kier molecular flexibility index (Phi) is 6.30. The lowest BCUT2D eigenvalue weighted by Crippen LogP contribution is -2.66. The average Bonchev–Trinajstić information content (AvgIpc) is 2.74. The van der Waals surface area contributed by atoms with E-state index in [1.807, 2.05) is 18.2 Å². The molecular weight excluding hydrogens is 378 g/mol. The zero-order chi connectivity index (χ0) is 20.9. The standard InChI is InChI=1S/C24H27NO3Si/c1-24(2,3)29(21-11-7-5-8-12-21,22-13-9-6-10-14-22)28-18-19-15-16-20(17-26)25-23(19)27-4/h5-17H,18H2,1-4H3. The maximum Gasteiger partial charge on any atom is 0.261 e. The molecule has 4 nitrogen and oxygen atoms in total. The van der Waals surface area contributed by atoms with Crippen LogP contribution < -0.4 is 15.1 Å². The van der Waals surface area contributed by atoms with Crippen LogP contribution in [0.2, 0.25) is 5.04 Å². The number of ether oxygens (including phenoxy) is 1. The van der Waals surface area contributed by atoms with Crippen molar-refractivity contribution in [3.05, 3.63) is 84.1 Å². The van der Waals surface area contributed by atoms with Gasteiger partial charge in [0.1, 0.15) is 5.69 Å². The number of rotatable bonds is 7. The molecule has 0 atom stereocenters. The monoisotopic (exact) mass is 405 g/mol. The van der Waals surface area contributed by atoms with Crippen LogP contribution in [0.15, 0.2) is 72.8 Å². The van der Waals surface area contributed by atoms with E-state index >= 15 is 0 Å². The van der Waals surface area contributed by atoms with E-state index < -0.39 is 8.32 Å². The van der Waals surface area contributed by atoms with Crippen molar-refractivity contribution in [3.63, 3.8) is 0 Å². The highest BCUT2D eigenvalue weighted by atomic mass is 28.4. The van der Waals surface area contributed by atoms with Crippen molar-refractivity contribution in [2.75, 3.05) is 7.11 Å². The molecule has 3 rings (SSSR count). The Morgan fingerprint density at radius 1 is 0.897 bits per heavy atom. The highest BCUT2D eigenvalue weighted by Crippen LogP contribution is 2.37. The van der Waals surface area contributed by atoms with Crippen LogP contribution in [-0.2, 0) is 11.0 Å². The van der Waals surface area contributed by atoms with E-state index in [1.165, 1.54) is 10.4 Å². The topological polar surface area (TPSA) is 48.4 Å². The van der Waals surface area contributed by atoms with Crippen LogP contribution in [0.3, 0.4) is 0 Å². The molecule has 29 heavy (non-hydrogen) atoms. The van der Waals surface area contributed by atoms with Gasteiger partial charge in [-0.25, -0.2) is 4.98 Å². The first-order chi connectivity index (χ1) is 13.9. The maximum absolute atomic E-state index is 11.1. The largest absolute Gasteiger partial charge is 0.481 e. The molecule has 0 unspecified atom stereocenters. The number of pyridine rings is 1. The minimum atomic E-state index is -2.64. The zero-order valence-corrected chi connectivity index (χ0v) is 18.4. The van der Waals surface area contributed by atoms with Crippen LogP contribution in [0.5, 0.6) is 5.88 Å². The number of methoxy groups -OCH3 is 1. The number of aldehydes is 1. The molecule has 0 amide bonds. The van der Waals surface area contributed by atoms with Crippen LogP contribution in [0, 0.1) is 0 Å². The number of nitrogens with zero attached hydrogens (tertiary/aromatic N) is 1. The molecule has 0 fully saturated rings. The molecule has 0 bridgehead atoms. The smallest absolute Gasteiger partial charge is 0.261 e. The third-order valence-corrected chi connectivity index (χ3v) is 10.1. The van der Waals surface area contributed by atoms with Crippen molar-refractivity contribution >= 4 is 25.0 Å². The van der Waals surface area contributed by atoms with Crippen LogP contribution >= 0.6 is 0 Å². The summed E-state index contributed by atoms with van der Waals surface area (Å²) in [4.78, 5) is 15.3. The molecule has 1 aromatic heterocycles. The number of aromatic nitrogens is 1. The summed E-state index contributed by atoms with van der Waals surface area (Å²) in [6.07, 6.45) is 0.718. The second-order valence-corrected chi connectivity index (χ2v) is 12.3. The minimum Gasteiger partial charge on any atom is -0.481 e. The Labute approximate surface area is 173 Å². The number of carbonyl (C=O) groups excluding carboxylic acids is 1. The second-order valence-electron chi connectivity index (χ2n) is 7.97. The minimum absolute atomic E-state index is 0.112. The molecule has 0 saturated heterocycles. The van der Waals surface area contributed by atoms with Crippen molar-refractivity contribution in [2.24, 2.45) is 0 Å². The first kappa shape index (κ1) is 21.0. The summed E-state index contributed by atoms with van der Waals surface area (Å²) < 4.78 is 12.3. The third kappa shape index (κ3) is 4.16. The normalized spacial score (nSPS) is 11.9. The number of carbonyl (C=O) groups is 1. The van der Waals surface area contributed by atoms with Gasteiger partial charge in [-0.1, -0.05) is 81.4 Å². The van der Waals surface area contributed by atoms with Gasteiger partial charge in [-0.05, 0) is 27.5 Å². The van der Waals surface area contributed by atoms with Gasteiger partial charge in [0.15, 0.2) is 6.29 Å². The average molecular weight is 406 g/mol. The van der Waals surface area contributed by atoms with Crippen molar-refractivity contribution in [3.8, 4) is 5.88 Å². The fourth-order valence-electron chi connectivity index (χ4n) is 3.78. The van der Waals surface area contributed by atoms with Crippen LogP contribution in [0.25, 0.3) is 0 Å². The maximum atomic E-state index is 11.1. The van der Waals surface area contributed by atoms with Crippen molar-refractivity contribution in [1.29, 1.82) is 0 Å². The van der Waals surface area contributed by atoms with Gasteiger partial charge in [-0.15, -0.1) is 0 Å². The third-order valence-electron chi connectivity index (χ3n) is 5.14. The molecule has 0 N–H and O–H groups in total. The highest BCUT2D eigenvalue weighted by molar-refractivity contribution is 6.99. The summed E-state index contributed by atoms with van der Waals surface area (Å²) >= 11 is 0. The fraction of sp³-hybridized carbons (Fsp3) is 0.250. The predicted octanol–water partition coefficient (Wildman–Crippen LogP) is 3.98. The van der Waals surface area contributed by atoms with Crippen LogP contribution in [-0.4, -0.2) is 26.7 Å². The lowest BCUT2D eigenvalue weighted by molar-refractivity contribution is 0.111. The fourth-order valence-corrected chi connectivity index (χ4v) is 8.31. The molecule has 0 radical (unpaired) electrons. The molecule has 0 aliphatic carbocycles. The molecule has 0 saturated carbocycles. The zero-order valence-electron chi connectivity index (χ0n) is 17.4. The lowest BCUT2D eigenvalue weighted by Gasteiger charge is -2.43. The van der Waals surface area contributed by atoms with E-state index in [1.54, 1.807) is 13.2 Å². The SMILES string of the molecule is COc1nc(C=O)ccc1CO[Si](c1ccccc1)(c1ccccc1)C(C)(C)C. The van der Waals surface area contributed by atoms with E-state index in [-0.39, 0.29) is 5.04 Å². The first-order valence-corrected chi connectivity index (χ1v) is 11.6. The highest BCUT2D eigenvalue weighted by Gasteiger charge is 2.50.